The second-order valence-electron chi connectivity index (χ2n) is 4.58. The third-order valence-electron chi connectivity index (χ3n) is 3.12. The van der Waals surface area contributed by atoms with Gasteiger partial charge in [-0.05, 0) is 26.0 Å². The summed E-state index contributed by atoms with van der Waals surface area (Å²) in [6.45, 7) is 3.28. The van der Waals surface area contributed by atoms with Crippen molar-refractivity contribution in [2.45, 2.75) is 13.8 Å². The SMILES string of the molecule is Cc1nn(C)c(C)c1C(=O)C(=O)Nc1ccc(F)c(F)c1. The molecule has 0 aliphatic rings. The Hall–Kier alpha value is -2.57. The van der Waals surface area contributed by atoms with Crippen LogP contribution in [0.2, 0.25) is 0 Å². The van der Waals surface area contributed by atoms with Crippen molar-refractivity contribution in [1.82, 2.24) is 9.78 Å². The average molecular weight is 293 g/mol. The number of halogens is 2. The van der Waals surface area contributed by atoms with E-state index in [1.54, 1.807) is 20.9 Å². The van der Waals surface area contributed by atoms with Gasteiger partial charge < -0.3 is 5.32 Å². The minimum absolute atomic E-state index is 0.00597. The molecule has 1 heterocycles. The van der Waals surface area contributed by atoms with E-state index in [1.165, 1.54) is 10.7 Å². The number of Topliss-reactive ketones (excluding diaryl/α,β-unsaturated/α-hetero) is 1. The van der Waals surface area contributed by atoms with E-state index in [0.29, 0.717) is 11.4 Å². The zero-order valence-corrected chi connectivity index (χ0v) is 11.7. The monoisotopic (exact) mass is 293 g/mol. The zero-order chi connectivity index (χ0) is 15.7. The van der Waals surface area contributed by atoms with Crippen molar-refractivity contribution >= 4 is 17.4 Å². The maximum Gasteiger partial charge on any atom is 0.296 e. The number of hydrogen-bond acceptors (Lipinski definition) is 3. The minimum atomic E-state index is -1.10. The van der Waals surface area contributed by atoms with Crippen LogP contribution in [0.5, 0.6) is 0 Å². The fraction of sp³-hybridized carbons (Fsp3) is 0.214. The molecule has 2 aromatic rings. The van der Waals surface area contributed by atoms with Crippen molar-refractivity contribution in [1.29, 1.82) is 0 Å². The largest absolute Gasteiger partial charge is 0.319 e. The lowest BCUT2D eigenvalue weighted by atomic mass is 10.1. The standard InChI is InChI=1S/C14H13F2N3O2/c1-7-12(8(2)19(3)18-7)13(20)14(21)17-9-4-5-10(15)11(16)6-9/h4-6H,1-3H3,(H,17,21). The first-order chi connectivity index (χ1) is 9.81. The first-order valence-corrected chi connectivity index (χ1v) is 6.12. The quantitative estimate of drug-likeness (QED) is 0.696. The molecule has 1 amide bonds. The number of hydrogen-bond donors (Lipinski definition) is 1. The van der Waals surface area contributed by atoms with Gasteiger partial charge in [0.25, 0.3) is 11.7 Å². The highest BCUT2D eigenvalue weighted by Crippen LogP contribution is 2.16. The predicted molar refractivity (Wildman–Crippen MR) is 72.0 cm³/mol. The fourth-order valence-corrected chi connectivity index (χ4v) is 1.98. The number of benzene rings is 1. The fourth-order valence-electron chi connectivity index (χ4n) is 1.98. The van der Waals surface area contributed by atoms with Gasteiger partial charge in [-0.1, -0.05) is 0 Å². The molecule has 0 bridgehead atoms. The molecule has 0 spiro atoms. The van der Waals surface area contributed by atoms with E-state index < -0.39 is 23.3 Å². The number of rotatable bonds is 3. The van der Waals surface area contributed by atoms with Gasteiger partial charge in [-0.3, -0.25) is 14.3 Å². The van der Waals surface area contributed by atoms with Gasteiger partial charge >= 0.3 is 0 Å². The van der Waals surface area contributed by atoms with Crippen LogP contribution in [0, 0.1) is 25.5 Å². The highest BCUT2D eigenvalue weighted by Gasteiger charge is 2.24. The van der Waals surface area contributed by atoms with Crippen LogP contribution in [0.3, 0.4) is 0 Å². The van der Waals surface area contributed by atoms with Crippen molar-refractivity contribution in [3.05, 3.63) is 46.8 Å². The molecule has 2 rings (SSSR count). The van der Waals surface area contributed by atoms with Gasteiger partial charge in [0.05, 0.1) is 11.3 Å². The Balaban J connectivity index is 2.23. The Morgan fingerprint density at radius 1 is 1.19 bits per heavy atom. The maximum atomic E-state index is 13.1. The number of anilines is 1. The molecule has 21 heavy (non-hydrogen) atoms. The Morgan fingerprint density at radius 3 is 2.38 bits per heavy atom. The molecule has 5 nitrogen and oxygen atoms in total. The molecule has 7 heteroatoms. The summed E-state index contributed by atoms with van der Waals surface area (Å²) in [4.78, 5) is 24.0. The number of amides is 1. The summed E-state index contributed by atoms with van der Waals surface area (Å²) < 4.78 is 27.4. The highest BCUT2D eigenvalue weighted by molar-refractivity contribution is 6.47. The third-order valence-corrected chi connectivity index (χ3v) is 3.12. The third kappa shape index (κ3) is 2.81. The van der Waals surface area contributed by atoms with E-state index in [4.69, 9.17) is 0 Å². The molecule has 1 aromatic carbocycles. The van der Waals surface area contributed by atoms with E-state index in [9.17, 15) is 18.4 Å². The summed E-state index contributed by atoms with van der Waals surface area (Å²) in [5, 5.41) is 6.29. The molecule has 0 atom stereocenters. The van der Waals surface area contributed by atoms with Crippen molar-refractivity contribution in [3.63, 3.8) is 0 Å². The Morgan fingerprint density at radius 2 is 1.86 bits per heavy atom. The van der Waals surface area contributed by atoms with Gasteiger partial charge in [0.1, 0.15) is 0 Å². The van der Waals surface area contributed by atoms with E-state index in [-0.39, 0.29) is 11.3 Å². The molecule has 0 aliphatic heterocycles. The molecule has 0 saturated carbocycles. The topological polar surface area (TPSA) is 64.0 Å². The Bertz CT molecular complexity index is 738. The summed E-state index contributed by atoms with van der Waals surface area (Å²) in [5.41, 5.74) is 1.20. The van der Waals surface area contributed by atoms with Crippen molar-refractivity contribution < 1.29 is 18.4 Å². The molecule has 0 radical (unpaired) electrons. The number of ketones is 1. The molecule has 1 N–H and O–H groups in total. The summed E-state index contributed by atoms with van der Waals surface area (Å²) in [7, 11) is 1.66. The number of aromatic nitrogens is 2. The van der Waals surface area contributed by atoms with Crippen LogP contribution in [-0.4, -0.2) is 21.5 Å². The van der Waals surface area contributed by atoms with E-state index >= 15 is 0 Å². The van der Waals surface area contributed by atoms with Crippen LogP contribution in [0.15, 0.2) is 18.2 Å². The maximum absolute atomic E-state index is 13.1. The van der Waals surface area contributed by atoms with Gasteiger partial charge in [-0.25, -0.2) is 8.78 Å². The van der Waals surface area contributed by atoms with Gasteiger partial charge in [-0.2, -0.15) is 5.10 Å². The van der Waals surface area contributed by atoms with Crippen LogP contribution in [0.1, 0.15) is 21.7 Å². The lowest BCUT2D eigenvalue weighted by Gasteiger charge is -2.05. The summed E-state index contributed by atoms with van der Waals surface area (Å²) in [6, 6.07) is 2.85. The molecule has 0 saturated heterocycles. The number of aryl methyl sites for hydroxylation is 2. The van der Waals surface area contributed by atoms with Crippen LogP contribution >= 0.6 is 0 Å². The van der Waals surface area contributed by atoms with Gasteiger partial charge in [0.2, 0.25) is 0 Å². The Labute approximate surface area is 119 Å². The molecular formula is C14H13F2N3O2. The zero-order valence-electron chi connectivity index (χ0n) is 11.7. The first kappa shape index (κ1) is 14.8. The molecule has 0 unspecified atom stereocenters. The smallest absolute Gasteiger partial charge is 0.296 e. The lowest BCUT2D eigenvalue weighted by Crippen LogP contribution is -2.24. The van der Waals surface area contributed by atoms with E-state index in [1.807, 2.05) is 0 Å². The summed E-state index contributed by atoms with van der Waals surface area (Å²) in [5.74, 6) is -3.84. The molecular weight excluding hydrogens is 280 g/mol. The summed E-state index contributed by atoms with van der Waals surface area (Å²) in [6.07, 6.45) is 0. The van der Waals surface area contributed by atoms with Crippen LogP contribution in [0.4, 0.5) is 14.5 Å². The van der Waals surface area contributed by atoms with Gasteiger partial charge in [0.15, 0.2) is 11.6 Å². The van der Waals surface area contributed by atoms with Crippen LogP contribution < -0.4 is 5.32 Å². The normalized spacial score (nSPS) is 10.5. The van der Waals surface area contributed by atoms with Gasteiger partial charge in [-0.15, -0.1) is 0 Å². The second kappa shape index (κ2) is 5.43. The van der Waals surface area contributed by atoms with E-state index in [2.05, 4.69) is 10.4 Å². The number of carbonyl (C=O) groups excluding carboxylic acids is 2. The average Bonchev–Trinajstić information content (AvgIpc) is 2.67. The van der Waals surface area contributed by atoms with Gasteiger partial charge in [0, 0.05) is 24.5 Å². The van der Waals surface area contributed by atoms with Crippen LogP contribution in [-0.2, 0) is 11.8 Å². The molecule has 110 valence electrons. The highest BCUT2D eigenvalue weighted by atomic mass is 19.2. The number of carbonyl (C=O) groups is 2. The second-order valence-corrected chi connectivity index (χ2v) is 4.58. The van der Waals surface area contributed by atoms with Crippen molar-refractivity contribution in [2.75, 3.05) is 5.32 Å². The molecule has 1 aromatic heterocycles. The Kier molecular flexibility index (Phi) is 3.84. The molecule has 0 aliphatic carbocycles. The van der Waals surface area contributed by atoms with Crippen LogP contribution in [0.25, 0.3) is 0 Å². The van der Waals surface area contributed by atoms with Crippen molar-refractivity contribution in [3.8, 4) is 0 Å². The summed E-state index contributed by atoms with van der Waals surface area (Å²) >= 11 is 0. The number of nitrogens with zero attached hydrogens (tertiary/aromatic N) is 2. The number of nitrogens with one attached hydrogen (secondary N) is 1. The first-order valence-electron chi connectivity index (χ1n) is 6.12. The predicted octanol–water partition coefficient (Wildman–Crippen LogP) is 2.14. The molecule has 0 fully saturated rings. The van der Waals surface area contributed by atoms with Crippen molar-refractivity contribution in [2.24, 2.45) is 7.05 Å². The van der Waals surface area contributed by atoms with E-state index in [0.717, 1.165) is 12.1 Å². The minimum Gasteiger partial charge on any atom is -0.319 e. The lowest BCUT2D eigenvalue weighted by molar-refractivity contribution is -0.112.